The molecule has 1 atom stereocenters. The van der Waals surface area contributed by atoms with Crippen LogP contribution in [0.15, 0.2) is 185 Å². The van der Waals surface area contributed by atoms with Gasteiger partial charge in [-0.25, -0.2) is 16.8 Å². The summed E-state index contributed by atoms with van der Waals surface area (Å²) in [5, 5.41) is 53.1. The van der Waals surface area contributed by atoms with Crippen LogP contribution in [0.25, 0.3) is 0 Å². The minimum absolute atomic E-state index is 0.0306. The van der Waals surface area contributed by atoms with Crippen molar-refractivity contribution in [2.24, 2.45) is 42.3 Å². The van der Waals surface area contributed by atoms with E-state index >= 15 is 0 Å². The second-order valence-corrected chi connectivity index (χ2v) is 23.1. The molecule has 0 bridgehead atoms. The molecular formula is C36H30N8O19S6. The number of nitrogens with zero attached hydrogens (tertiary/aromatic N) is 6. The number of allylic oxidation sites excluding steroid dienone is 3. The maximum absolute atomic E-state index is 13.2. The first-order chi connectivity index (χ1) is 31.8. The van der Waals surface area contributed by atoms with Crippen molar-refractivity contribution < 1.29 is 84.0 Å². The highest BCUT2D eigenvalue weighted by atomic mass is 32.2. The molecule has 0 amide bonds. The Morgan fingerprint density at radius 1 is 0.594 bits per heavy atom. The molecule has 0 spiro atoms. The van der Waals surface area contributed by atoms with Crippen LogP contribution in [0.3, 0.4) is 0 Å². The Hall–Kier alpha value is -7.08. The van der Waals surface area contributed by atoms with E-state index in [0.29, 0.717) is 6.08 Å². The smallest absolute Gasteiger partial charge is 0.296 e. The van der Waals surface area contributed by atoms with Crippen molar-refractivity contribution in [1.29, 1.82) is 0 Å². The number of sulfonamides is 1. The van der Waals surface area contributed by atoms with Crippen molar-refractivity contribution in [1.82, 2.24) is 0 Å². The third kappa shape index (κ3) is 11.3. The quantitative estimate of drug-likeness (QED) is 0.0525. The molecule has 0 heterocycles. The van der Waals surface area contributed by atoms with Gasteiger partial charge in [-0.2, -0.15) is 43.9 Å². The summed E-state index contributed by atoms with van der Waals surface area (Å²) >= 11 is 0. The van der Waals surface area contributed by atoms with Crippen molar-refractivity contribution >= 4 is 88.8 Å². The van der Waals surface area contributed by atoms with Gasteiger partial charge in [-0.1, -0.05) is 12.7 Å². The number of benzene rings is 4. The number of nitrogens with one attached hydrogen (secondary N) is 1. The van der Waals surface area contributed by atoms with Crippen LogP contribution in [0.5, 0.6) is 11.5 Å². The minimum atomic E-state index is -5.60. The lowest BCUT2D eigenvalue weighted by Gasteiger charge is -2.29. The Kier molecular flexibility index (Phi) is 13.7. The third-order valence-corrected chi connectivity index (χ3v) is 15.9. The minimum Gasteiger partial charge on any atom is -0.508 e. The summed E-state index contributed by atoms with van der Waals surface area (Å²) in [5.41, 5.74) is 1.40. The predicted molar refractivity (Wildman–Crippen MR) is 237 cm³/mol. The highest BCUT2D eigenvalue weighted by Crippen LogP contribution is 2.46. The van der Waals surface area contributed by atoms with Gasteiger partial charge >= 0.3 is 0 Å². The van der Waals surface area contributed by atoms with Gasteiger partial charge in [0.1, 0.15) is 59.6 Å². The lowest BCUT2D eigenvalue weighted by molar-refractivity contribution is 0.396. The van der Waals surface area contributed by atoms with Gasteiger partial charge in [0.15, 0.2) is 0 Å². The van der Waals surface area contributed by atoms with Gasteiger partial charge < -0.3 is 21.1 Å². The first-order valence-electron chi connectivity index (χ1n) is 18.2. The van der Waals surface area contributed by atoms with Crippen LogP contribution in [0.2, 0.25) is 0 Å². The summed E-state index contributed by atoms with van der Waals surface area (Å²) in [4.78, 5) is -7.16. The van der Waals surface area contributed by atoms with E-state index in [-0.39, 0.29) is 56.7 Å². The van der Waals surface area contributed by atoms with Crippen molar-refractivity contribution in [3.8, 4) is 11.5 Å². The van der Waals surface area contributed by atoms with E-state index in [1.807, 2.05) is 0 Å². The molecule has 0 aliphatic heterocycles. The molecule has 33 heteroatoms. The second-order valence-electron chi connectivity index (χ2n) is 13.9. The Balaban J connectivity index is 1.35. The van der Waals surface area contributed by atoms with E-state index in [9.17, 15) is 84.0 Å². The molecule has 0 saturated carbocycles. The number of aromatic hydroxyl groups is 2. The zero-order valence-electron chi connectivity index (χ0n) is 33.9. The highest BCUT2D eigenvalue weighted by molar-refractivity contribution is 7.95. The molecule has 2 aliphatic carbocycles. The fourth-order valence-corrected chi connectivity index (χ4v) is 11.5. The average molecular weight is 1070 g/mol. The van der Waals surface area contributed by atoms with E-state index in [1.54, 1.807) is 0 Å². The number of nitrogens with two attached hydrogens (primary N) is 1. The number of azo groups is 3. The molecule has 10 N–H and O–H groups in total. The van der Waals surface area contributed by atoms with Crippen LogP contribution in [-0.4, -0.2) is 84.0 Å². The molecule has 0 radical (unpaired) electrons. The number of anilines is 1. The Bertz CT molecular complexity index is 3790. The number of phenolic OH excluding ortho intramolecular Hbond substituents is 2. The summed E-state index contributed by atoms with van der Waals surface area (Å²) in [5.74, 6) is -3.40. The summed E-state index contributed by atoms with van der Waals surface area (Å²) in [6.45, 7) is 2.99. The van der Waals surface area contributed by atoms with E-state index in [2.05, 4.69) is 42.0 Å². The monoisotopic (exact) mass is 1070 g/mol. The van der Waals surface area contributed by atoms with Crippen LogP contribution in [0.1, 0.15) is 6.42 Å². The van der Waals surface area contributed by atoms with E-state index in [1.165, 1.54) is 36.4 Å². The van der Waals surface area contributed by atoms with E-state index in [4.69, 9.17) is 5.73 Å². The van der Waals surface area contributed by atoms with Gasteiger partial charge in [0.25, 0.3) is 50.5 Å². The molecular weight excluding hydrogens is 1040 g/mol. The molecule has 364 valence electrons. The average Bonchev–Trinajstić information content (AvgIpc) is 3.24. The molecule has 27 nitrogen and oxygen atoms in total. The number of sulfone groups is 1. The summed E-state index contributed by atoms with van der Waals surface area (Å²) in [7, 11) is -31.2. The van der Waals surface area contributed by atoms with Crippen molar-refractivity contribution in [3.05, 3.63) is 135 Å². The number of fused-ring (bicyclic) bond motifs is 1. The summed E-state index contributed by atoms with van der Waals surface area (Å²) in [6.07, 6.45) is -0.385. The zero-order chi connectivity index (χ0) is 51.2. The summed E-state index contributed by atoms with van der Waals surface area (Å²) in [6, 6.07) is 13.6. The zero-order valence-corrected chi connectivity index (χ0v) is 38.8. The Morgan fingerprint density at radius 3 is 1.68 bits per heavy atom. The largest absolute Gasteiger partial charge is 0.508 e. The maximum atomic E-state index is 13.2. The maximum Gasteiger partial charge on any atom is 0.296 e. The van der Waals surface area contributed by atoms with Crippen molar-refractivity contribution in [2.45, 2.75) is 26.0 Å². The Morgan fingerprint density at radius 2 is 1.14 bits per heavy atom. The molecule has 4 aromatic rings. The molecule has 2 aliphatic rings. The molecule has 0 fully saturated rings. The first-order valence-corrected chi connectivity index (χ1v) is 27.0. The lowest BCUT2D eigenvalue weighted by Crippen LogP contribution is -2.27. The Labute approximate surface area is 390 Å². The fraction of sp³-hybridized carbons (Fsp3) is 0.0556. The van der Waals surface area contributed by atoms with Gasteiger partial charge in [-0.3, -0.25) is 22.9 Å². The van der Waals surface area contributed by atoms with Crippen LogP contribution < -0.4 is 10.5 Å². The number of aliphatic hydroxyl groups is 1. The molecule has 69 heavy (non-hydrogen) atoms. The molecule has 6 rings (SSSR count). The van der Waals surface area contributed by atoms with Crippen LogP contribution in [-0.2, 0) is 60.3 Å². The highest BCUT2D eigenvalue weighted by Gasteiger charge is 2.41. The van der Waals surface area contributed by atoms with E-state index < -0.39 is 131 Å². The lowest BCUT2D eigenvalue weighted by atomic mass is 9.83. The third-order valence-electron chi connectivity index (χ3n) is 9.37. The van der Waals surface area contributed by atoms with Gasteiger partial charge in [-0.15, -0.1) is 20.5 Å². The number of phenols is 2. The van der Waals surface area contributed by atoms with Crippen molar-refractivity contribution in [3.63, 3.8) is 0 Å². The second kappa shape index (κ2) is 18.4. The van der Waals surface area contributed by atoms with Crippen molar-refractivity contribution in [2.75, 3.05) is 4.72 Å². The molecule has 1 unspecified atom stereocenters. The molecule has 0 aromatic heterocycles. The summed E-state index contributed by atoms with van der Waals surface area (Å²) < 4.78 is 193. The predicted octanol–water partition coefficient (Wildman–Crippen LogP) is 5.48. The van der Waals surface area contributed by atoms with Crippen LogP contribution >= 0.6 is 0 Å². The topological polar surface area (TPSA) is 459 Å². The number of rotatable bonds is 15. The van der Waals surface area contributed by atoms with Crippen LogP contribution in [0.4, 0.5) is 28.4 Å². The molecule has 4 aromatic carbocycles. The van der Waals surface area contributed by atoms with Gasteiger partial charge in [0.05, 0.1) is 26.9 Å². The van der Waals surface area contributed by atoms with Crippen LogP contribution in [0, 0.1) is 5.92 Å². The fourth-order valence-electron chi connectivity index (χ4n) is 6.22. The normalized spacial score (nSPS) is 16.6. The van der Waals surface area contributed by atoms with Gasteiger partial charge in [0, 0.05) is 28.7 Å². The standard InChI is InChI=1S/C36H30N8O19S6/c1-2-64(48,49)28-16-25(27(66(52,53)54)17-29(28)67(55,56)57)41-42-34-30(68(58,59)60)13-18-14-31(69(61,62)63)35(36(47)32(18)33(34)37)43-39-20-7-10-23(11-8-20)65(50,51)44-21-5-3-19(4-6-21)38-40-24-12-9-22(45)15-26(24)46/h2-12,14-18,44-47H,1,13,37H2,(H,52,53,54)(H,55,56,57)(H,58,59,60)(H,61,62,63)/b40-38+,42-41+,43-39+. The number of hydrogen-bond acceptors (Lipinski definition) is 22. The number of hydrogen-bond donors (Lipinski definition) is 9. The van der Waals surface area contributed by atoms with Gasteiger partial charge in [0.2, 0.25) is 9.84 Å². The first kappa shape index (κ1) is 51.3. The van der Waals surface area contributed by atoms with E-state index in [0.717, 1.165) is 30.3 Å². The van der Waals surface area contributed by atoms with Gasteiger partial charge in [-0.05, 0) is 79.2 Å². The number of aliphatic hydroxyl groups excluding tert-OH is 1. The SMILES string of the molecule is C=CS(=O)(=O)c1cc(/N=N/C2=C(S(=O)(=O)O)CC3C=C(S(=O)(=O)O)C(/N=N/c4ccc(S(=O)(=O)Nc5ccc(/N=N/c6ccc(O)cc6O)cc5)cc4)=C(O)C3=C2N)c(S(=O)(=O)O)cc1S(=O)(=O)O. The molecule has 0 saturated heterocycles.